The number of nitrogens with one attached hydrogen (secondary N) is 1. The molecule has 1 unspecified atom stereocenters. The molecular weight excluding hydrogens is 240 g/mol. The van der Waals surface area contributed by atoms with Crippen LogP contribution >= 0.6 is 0 Å². The number of aromatic nitrogens is 2. The van der Waals surface area contributed by atoms with Gasteiger partial charge in [-0.25, -0.2) is 9.97 Å². The van der Waals surface area contributed by atoms with Gasteiger partial charge in [-0.3, -0.25) is 0 Å². The van der Waals surface area contributed by atoms with Crippen LogP contribution in [0.4, 0.5) is 5.82 Å². The van der Waals surface area contributed by atoms with Crippen molar-refractivity contribution in [2.75, 3.05) is 38.2 Å². The molecule has 1 aromatic heterocycles. The van der Waals surface area contributed by atoms with Crippen molar-refractivity contribution in [2.45, 2.75) is 27.2 Å². The van der Waals surface area contributed by atoms with Gasteiger partial charge in [0.2, 0.25) is 5.88 Å². The van der Waals surface area contributed by atoms with Crippen LogP contribution in [-0.2, 0) is 0 Å². The summed E-state index contributed by atoms with van der Waals surface area (Å²) in [5.41, 5.74) is 1.36. The van der Waals surface area contributed by atoms with E-state index in [1.165, 1.54) is 6.42 Å². The topological polar surface area (TPSA) is 50.3 Å². The van der Waals surface area contributed by atoms with Crippen LogP contribution in [0, 0.1) is 12.3 Å². The Hall–Kier alpha value is -1.36. The van der Waals surface area contributed by atoms with E-state index in [1.807, 2.05) is 20.9 Å². The molecule has 5 heteroatoms. The number of anilines is 1. The Morgan fingerprint density at radius 2 is 2.26 bits per heavy atom. The zero-order valence-corrected chi connectivity index (χ0v) is 12.4. The lowest BCUT2D eigenvalue weighted by molar-refractivity contribution is 0.323. The van der Waals surface area contributed by atoms with E-state index in [4.69, 9.17) is 4.74 Å². The van der Waals surface area contributed by atoms with Crippen LogP contribution < -0.4 is 15.0 Å². The van der Waals surface area contributed by atoms with Gasteiger partial charge in [0.15, 0.2) is 0 Å². The van der Waals surface area contributed by atoms with E-state index in [1.54, 1.807) is 6.33 Å². The average Bonchev–Trinajstić information content (AvgIpc) is 2.75. The Bertz CT molecular complexity index is 437. The zero-order valence-electron chi connectivity index (χ0n) is 12.4. The summed E-state index contributed by atoms with van der Waals surface area (Å²) in [5.74, 6) is 1.72. The molecule has 1 aliphatic heterocycles. The third-order valence-corrected chi connectivity index (χ3v) is 3.75. The van der Waals surface area contributed by atoms with Crippen LogP contribution in [0.3, 0.4) is 0 Å². The summed E-state index contributed by atoms with van der Waals surface area (Å²) >= 11 is 0. The SMILES string of the molecule is CCOc1ncnc(N2CCC(C)(CNC)C2)c1C. The first-order valence-corrected chi connectivity index (χ1v) is 6.93. The highest BCUT2D eigenvalue weighted by molar-refractivity contribution is 5.51. The fourth-order valence-corrected chi connectivity index (χ4v) is 2.80. The molecule has 2 heterocycles. The van der Waals surface area contributed by atoms with E-state index < -0.39 is 0 Å². The van der Waals surface area contributed by atoms with Gasteiger partial charge in [-0.05, 0) is 32.7 Å². The molecule has 1 saturated heterocycles. The molecule has 0 radical (unpaired) electrons. The molecule has 2 rings (SSSR count). The Labute approximate surface area is 115 Å². The molecule has 1 aliphatic rings. The molecule has 1 atom stereocenters. The fraction of sp³-hybridized carbons (Fsp3) is 0.714. The molecule has 0 spiro atoms. The third-order valence-electron chi connectivity index (χ3n) is 3.75. The van der Waals surface area contributed by atoms with Gasteiger partial charge >= 0.3 is 0 Å². The lowest BCUT2D eigenvalue weighted by Crippen LogP contribution is -2.33. The van der Waals surface area contributed by atoms with Crippen molar-refractivity contribution >= 4 is 5.82 Å². The monoisotopic (exact) mass is 264 g/mol. The maximum atomic E-state index is 5.55. The maximum Gasteiger partial charge on any atom is 0.221 e. The Morgan fingerprint density at radius 3 is 2.95 bits per heavy atom. The van der Waals surface area contributed by atoms with Crippen LogP contribution in [0.1, 0.15) is 25.8 Å². The molecule has 0 aromatic carbocycles. The van der Waals surface area contributed by atoms with Crippen LogP contribution in [0.5, 0.6) is 5.88 Å². The van der Waals surface area contributed by atoms with Gasteiger partial charge < -0.3 is 15.0 Å². The summed E-state index contributed by atoms with van der Waals surface area (Å²) in [6, 6.07) is 0. The normalized spacial score (nSPS) is 22.8. The summed E-state index contributed by atoms with van der Waals surface area (Å²) in [4.78, 5) is 11.0. The van der Waals surface area contributed by atoms with E-state index in [-0.39, 0.29) is 0 Å². The van der Waals surface area contributed by atoms with Gasteiger partial charge in [0, 0.05) is 19.6 Å². The van der Waals surface area contributed by atoms with Crippen LogP contribution in [0.2, 0.25) is 0 Å². The number of hydrogen-bond acceptors (Lipinski definition) is 5. The minimum absolute atomic E-state index is 0.317. The van der Waals surface area contributed by atoms with E-state index in [0.717, 1.165) is 31.0 Å². The van der Waals surface area contributed by atoms with Gasteiger partial charge in [0.05, 0.1) is 12.2 Å². The van der Waals surface area contributed by atoms with Crippen molar-refractivity contribution in [3.05, 3.63) is 11.9 Å². The van der Waals surface area contributed by atoms with Crippen molar-refractivity contribution in [2.24, 2.45) is 5.41 Å². The molecule has 1 aromatic rings. The molecule has 1 fully saturated rings. The Kier molecular flexibility index (Phi) is 4.24. The zero-order chi connectivity index (χ0) is 13.9. The summed E-state index contributed by atoms with van der Waals surface area (Å²) in [6.07, 6.45) is 2.78. The van der Waals surface area contributed by atoms with Crippen molar-refractivity contribution in [1.29, 1.82) is 0 Å². The largest absolute Gasteiger partial charge is 0.478 e. The molecule has 1 N–H and O–H groups in total. The number of hydrogen-bond donors (Lipinski definition) is 1. The minimum Gasteiger partial charge on any atom is -0.478 e. The van der Waals surface area contributed by atoms with Gasteiger partial charge in [0.25, 0.3) is 0 Å². The first kappa shape index (κ1) is 14.1. The summed E-state index contributed by atoms with van der Waals surface area (Å²) < 4.78 is 5.55. The van der Waals surface area contributed by atoms with Gasteiger partial charge in [-0.1, -0.05) is 6.92 Å². The number of rotatable bonds is 5. The number of nitrogens with zero attached hydrogens (tertiary/aromatic N) is 3. The highest BCUT2D eigenvalue weighted by atomic mass is 16.5. The lowest BCUT2D eigenvalue weighted by atomic mass is 9.90. The second-order valence-corrected chi connectivity index (χ2v) is 5.57. The van der Waals surface area contributed by atoms with Gasteiger partial charge in [-0.2, -0.15) is 0 Å². The molecule has 0 amide bonds. The maximum absolute atomic E-state index is 5.55. The van der Waals surface area contributed by atoms with Gasteiger partial charge in [-0.15, -0.1) is 0 Å². The molecular formula is C14H24N4O. The highest BCUT2D eigenvalue weighted by Gasteiger charge is 2.34. The second kappa shape index (κ2) is 5.74. The predicted molar refractivity (Wildman–Crippen MR) is 76.8 cm³/mol. The second-order valence-electron chi connectivity index (χ2n) is 5.57. The molecule has 0 aliphatic carbocycles. The highest BCUT2D eigenvalue weighted by Crippen LogP contribution is 2.34. The lowest BCUT2D eigenvalue weighted by Gasteiger charge is -2.25. The van der Waals surface area contributed by atoms with Crippen molar-refractivity contribution < 1.29 is 4.74 Å². The van der Waals surface area contributed by atoms with E-state index in [0.29, 0.717) is 17.9 Å². The van der Waals surface area contributed by atoms with Crippen molar-refractivity contribution in [3.63, 3.8) is 0 Å². The Balaban J connectivity index is 2.17. The average molecular weight is 264 g/mol. The van der Waals surface area contributed by atoms with E-state index >= 15 is 0 Å². The first-order valence-electron chi connectivity index (χ1n) is 6.93. The fourth-order valence-electron chi connectivity index (χ4n) is 2.80. The van der Waals surface area contributed by atoms with E-state index in [2.05, 4.69) is 27.1 Å². The summed E-state index contributed by atoms with van der Waals surface area (Å²) in [5, 5.41) is 3.28. The standard InChI is InChI=1S/C14H24N4O/c1-5-19-13-11(2)12(16-10-17-13)18-7-6-14(3,9-18)8-15-4/h10,15H,5-9H2,1-4H3. The molecule has 5 nitrogen and oxygen atoms in total. The molecule has 0 saturated carbocycles. The Morgan fingerprint density at radius 1 is 1.47 bits per heavy atom. The quantitative estimate of drug-likeness (QED) is 0.876. The molecule has 19 heavy (non-hydrogen) atoms. The van der Waals surface area contributed by atoms with E-state index in [9.17, 15) is 0 Å². The number of ether oxygens (including phenoxy) is 1. The van der Waals surface area contributed by atoms with Gasteiger partial charge in [0.1, 0.15) is 12.1 Å². The van der Waals surface area contributed by atoms with Crippen molar-refractivity contribution in [1.82, 2.24) is 15.3 Å². The third kappa shape index (κ3) is 2.97. The molecule has 0 bridgehead atoms. The smallest absolute Gasteiger partial charge is 0.221 e. The summed E-state index contributed by atoms with van der Waals surface area (Å²) in [6.45, 7) is 10.1. The predicted octanol–water partition coefficient (Wildman–Crippen LogP) is 1.62. The van der Waals surface area contributed by atoms with Crippen LogP contribution in [0.25, 0.3) is 0 Å². The van der Waals surface area contributed by atoms with Crippen molar-refractivity contribution in [3.8, 4) is 5.88 Å². The van der Waals surface area contributed by atoms with Crippen LogP contribution in [-0.4, -0.2) is 43.3 Å². The summed E-state index contributed by atoms with van der Waals surface area (Å²) in [7, 11) is 2.01. The molecule has 106 valence electrons. The minimum atomic E-state index is 0.317. The van der Waals surface area contributed by atoms with Crippen LogP contribution in [0.15, 0.2) is 6.33 Å². The first-order chi connectivity index (χ1) is 9.09.